The van der Waals surface area contributed by atoms with Gasteiger partial charge in [0.2, 0.25) is 0 Å². The summed E-state index contributed by atoms with van der Waals surface area (Å²) in [6, 6.07) is 7.62. The van der Waals surface area contributed by atoms with Gasteiger partial charge in [-0.3, -0.25) is 4.68 Å². The van der Waals surface area contributed by atoms with Crippen molar-refractivity contribution in [2.45, 2.75) is 46.7 Å². The first-order chi connectivity index (χ1) is 10.9. The minimum atomic E-state index is -0.206. The molecule has 2 N–H and O–H groups in total. The molecule has 1 aromatic carbocycles. The van der Waals surface area contributed by atoms with E-state index in [1.807, 2.05) is 56.6 Å². The van der Waals surface area contributed by atoms with Gasteiger partial charge in [0.1, 0.15) is 0 Å². The molecule has 124 valence electrons. The Hall–Kier alpha value is -2.01. The van der Waals surface area contributed by atoms with E-state index >= 15 is 0 Å². The third-order valence-corrected chi connectivity index (χ3v) is 4.26. The molecule has 0 spiro atoms. The van der Waals surface area contributed by atoms with Crippen LogP contribution in [0.5, 0.6) is 0 Å². The number of aryl methyl sites for hydroxylation is 1. The average molecular weight is 335 g/mol. The molecule has 0 radical (unpaired) electrons. The molecule has 0 saturated heterocycles. The summed E-state index contributed by atoms with van der Waals surface area (Å²) in [4.78, 5) is 12.0. The Balaban J connectivity index is 2.16. The first kappa shape index (κ1) is 17.3. The van der Waals surface area contributed by atoms with E-state index in [2.05, 4.69) is 15.7 Å². The first-order valence-electron chi connectivity index (χ1n) is 7.77. The van der Waals surface area contributed by atoms with E-state index in [1.165, 1.54) is 0 Å². The molecular weight excluding hydrogens is 312 g/mol. The summed E-state index contributed by atoms with van der Waals surface area (Å²) in [5, 5.41) is 11.0. The lowest BCUT2D eigenvalue weighted by Gasteiger charge is -2.13. The van der Waals surface area contributed by atoms with Crippen molar-refractivity contribution < 1.29 is 4.79 Å². The zero-order valence-corrected chi connectivity index (χ0v) is 14.7. The molecule has 0 aliphatic heterocycles. The molecule has 0 fully saturated rings. The van der Waals surface area contributed by atoms with Crippen LogP contribution in [0, 0.1) is 13.8 Å². The number of benzene rings is 1. The number of carbonyl (C=O) groups is 1. The van der Waals surface area contributed by atoms with Gasteiger partial charge < -0.3 is 10.6 Å². The van der Waals surface area contributed by atoms with Crippen LogP contribution in [-0.4, -0.2) is 21.9 Å². The molecular formula is C17H23ClN4O. The molecule has 6 heteroatoms. The van der Waals surface area contributed by atoms with E-state index in [4.69, 9.17) is 11.6 Å². The molecule has 0 bridgehead atoms. The minimum Gasteiger partial charge on any atom is -0.335 e. The second-order valence-corrected chi connectivity index (χ2v) is 6.11. The topological polar surface area (TPSA) is 59.0 Å². The van der Waals surface area contributed by atoms with Crippen molar-refractivity contribution in [1.29, 1.82) is 0 Å². The Morgan fingerprint density at radius 1 is 1.35 bits per heavy atom. The fraction of sp³-hybridized carbons (Fsp3) is 0.412. The Labute approximate surface area is 142 Å². The van der Waals surface area contributed by atoms with Crippen LogP contribution < -0.4 is 10.6 Å². The van der Waals surface area contributed by atoms with E-state index in [0.717, 1.165) is 29.1 Å². The van der Waals surface area contributed by atoms with Crippen molar-refractivity contribution in [3.8, 4) is 0 Å². The predicted molar refractivity (Wildman–Crippen MR) is 94.2 cm³/mol. The second kappa shape index (κ2) is 7.51. The van der Waals surface area contributed by atoms with Crippen molar-refractivity contribution in [1.82, 2.24) is 15.1 Å². The summed E-state index contributed by atoms with van der Waals surface area (Å²) in [5.41, 5.74) is 3.43. The first-order valence-corrected chi connectivity index (χ1v) is 8.15. The molecule has 5 nitrogen and oxygen atoms in total. The number of urea groups is 1. The SMILES string of the molecule is CCC(C)NC(=O)Nc1c(C)nn(Cc2ccccc2Cl)c1C. The maximum Gasteiger partial charge on any atom is 0.319 e. The number of halogens is 1. The van der Waals surface area contributed by atoms with Gasteiger partial charge in [-0.05, 0) is 38.8 Å². The maximum atomic E-state index is 12.0. The largest absolute Gasteiger partial charge is 0.335 e. The molecule has 1 atom stereocenters. The van der Waals surface area contributed by atoms with Gasteiger partial charge in [0.25, 0.3) is 0 Å². The number of anilines is 1. The lowest BCUT2D eigenvalue weighted by atomic mass is 10.2. The van der Waals surface area contributed by atoms with Crippen molar-refractivity contribution >= 4 is 23.3 Å². The monoisotopic (exact) mass is 334 g/mol. The highest BCUT2D eigenvalue weighted by Gasteiger charge is 2.15. The van der Waals surface area contributed by atoms with Crippen molar-refractivity contribution in [3.63, 3.8) is 0 Å². The molecule has 1 unspecified atom stereocenters. The van der Waals surface area contributed by atoms with Gasteiger partial charge in [-0.1, -0.05) is 36.7 Å². The summed E-state index contributed by atoms with van der Waals surface area (Å²) in [6.07, 6.45) is 0.886. The Bertz CT molecular complexity index is 696. The molecule has 1 aromatic heterocycles. The fourth-order valence-electron chi connectivity index (χ4n) is 2.30. The lowest BCUT2D eigenvalue weighted by molar-refractivity contribution is 0.249. The smallest absolute Gasteiger partial charge is 0.319 e. The van der Waals surface area contributed by atoms with Crippen LogP contribution in [-0.2, 0) is 6.54 Å². The number of hydrogen-bond acceptors (Lipinski definition) is 2. The number of rotatable bonds is 5. The summed E-state index contributed by atoms with van der Waals surface area (Å²) < 4.78 is 1.86. The highest BCUT2D eigenvalue weighted by molar-refractivity contribution is 6.31. The number of nitrogens with one attached hydrogen (secondary N) is 2. The van der Waals surface area contributed by atoms with Crippen molar-refractivity contribution in [3.05, 3.63) is 46.2 Å². The number of carbonyl (C=O) groups excluding carboxylic acids is 1. The maximum absolute atomic E-state index is 12.0. The number of aromatic nitrogens is 2. The predicted octanol–water partition coefficient (Wildman–Crippen LogP) is 4.12. The molecule has 0 aliphatic carbocycles. The third kappa shape index (κ3) is 4.26. The Morgan fingerprint density at radius 2 is 2.04 bits per heavy atom. The number of nitrogens with zero attached hydrogens (tertiary/aromatic N) is 2. The van der Waals surface area contributed by atoms with E-state index in [0.29, 0.717) is 11.6 Å². The number of hydrogen-bond donors (Lipinski definition) is 2. The standard InChI is InChI=1S/C17H23ClN4O/c1-5-11(2)19-17(23)20-16-12(3)21-22(13(16)4)10-14-8-6-7-9-15(14)18/h6-9,11H,5,10H2,1-4H3,(H2,19,20,23). The quantitative estimate of drug-likeness (QED) is 0.864. The molecule has 23 heavy (non-hydrogen) atoms. The van der Waals surface area contributed by atoms with Gasteiger partial charge in [-0.25, -0.2) is 4.79 Å². The summed E-state index contributed by atoms with van der Waals surface area (Å²) in [6.45, 7) is 8.40. The molecule has 2 aromatic rings. The fourth-order valence-corrected chi connectivity index (χ4v) is 2.49. The van der Waals surface area contributed by atoms with E-state index in [-0.39, 0.29) is 12.1 Å². The van der Waals surface area contributed by atoms with Gasteiger partial charge >= 0.3 is 6.03 Å². The second-order valence-electron chi connectivity index (χ2n) is 5.70. The van der Waals surface area contributed by atoms with Crippen LogP contribution >= 0.6 is 11.6 Å². The third-order valence-electron chi connectivity index (χ3n) is 3.89. The summed E-state index contributed by atoms with van der Waals surface area (Å²) in [5.74, 6) is 0. The van der Waals surface area contributed by atoms with Crippen LogP contribution in [0.25, 0.3) is 0 Å². The van der Waals surface area contributed by atoms with Gasteiger partial charge in [0.05, 0.1) is 23.6 Å². The van der Waals surface area contributed by atoms with Crippen LogP contribution in [0.4, 0.5) is 10.5 Å². The summed E-state index contributed by atoms with van der Waals surface area (Å²) >= 11 is 6.21. The van der Waals surface area contributed by atoms with Crippen LogP contribution in [0.2, 0.25) is 5.02 Å². The van der Waals surface area contributed by atoms with Crippen LogP contribution in [0.1, 0.15) is 37.2 Å². The van der Waals surface area contributed by atoms with Crippen LogP contribution in [0.15, 0.2) is 24.3 Å². The highest BCUT2D eigenvalue weighted by atomic mass is 35.5. The molecule has 1 heterocycles. The van der Waals surface area contributed by atoms with E-state index < -0.39 is 0 Å². The van der Waals surface area contributed by atoms with Gasteiger partial charge in [0.15, 0.2) is 0 Å². The van der Waals surface area contributed by atoms with Crippen molar-refractivity contribution in [2.24, 2.45) is 0 Å². The zero-order chi connectivity index (χ0) is 17.0. The molecule has 2 rings (SSSR count). The molecule has 0 aliphatic rings. The Kier molecular flexibility index (Phi) is 5.66. The minimum absolute atomic E-state index is 0.133. The van der Waals surface area contributed by atoms with Gasteiger partial charge in [0, 0.05) is 11.1 Å². The summed E-state index contributed by atoms with van der Waals surface area (Å²) in [7, 11) is 0. The van der Waals surface area contributed by atoms with Gasteiger partial charge in [-0.2, -0.15) is 5.10 Å². The van der Waals surface area contributed by atoms with E-state index in [9.17, 15) is 4.79 Å². The van der Waals surface area contributed by atoms with Crippen LogP contribution in [0.3, 0.4) is 0 Å². The molecule has 2 amide bonds. The molecule has 0 saturated carbocycles. The Morgan fingerprint density at radius 3 is 2.70 bits per heavy atom. The van der Waals surface area contributed by atoms with Gasteiger partial charge in [-0.15, -0.1) is 0 Å². The number of amides is 2. The normalized spacial score (nSPS) is 12.0. The zero-order valence-electron chi connectivity index (χ0n) is 14.0. The lowest BCUT2D eigenvalue weighted by Crippen LogP contribution is -2.35. The van der Waals surface area contributed by atoms with Crippen molar-refractivity contribution in [2.75, 3.05) is 5.32 Å². The average Bonchev–Trinajstić information content (AvgIpc) is 2.77. The van der Waals surface area contributed by atoms with E-state index in [1.54, 1.807) is 0 Å². The highest BCUT2D eigenvalue weighted by Crippen LogP contribution is 2.22.